The standard InChI is InChI=1S/C13H18N2O4S/c1-3-14-13(2,12(16)17)8-9-20-11-7-5-4-6-10(11)15(18)19/h4-7,14H,3,8-9H2,1-2H3,(H,16,17). The van der Waals surface area contributed by atoms with Crippen molar-refractivity contribution in [2.45, 2.75) is 30.7 Å². The van der Waals surface area contributed by atoms with Crippen LogP contribution in [0, 0.1) is 10.1 Å². The van der Waals surface area contributed by atoms with Crippen molar-refractivity contribution in [3.05, 3.63) is 34.4 Å². The van der Waals surface area contributed by atoms with Gasteiger partial charge < -0.3 is 10.4 Å². The van der Waals surface area contributed by atoms with Gasteiger partial charge in [-0.25, -0.2) is 0 Å². The maximum Gasteiger partial charge on any atom is 0.323 e. The van der Waals surface area contributed by atoms with Gasteiger partial charge in [0.15, 0.2) is 0 Å². The largest absolute Gasteiger partial charge is 0.480 e. The summed E-state index contributed by atoms with van der Waals surface area (Å²) in [4.78, 5) is 22.3. The van der Waals surface area contributed by atoms with E-state index in [2.05, 4.69) is 5.32 Å². The van der Waals surface area contributed by atoms with Gasteiger partial charge in [0.05, 0.1) is 9.82 Å². The molecule has 0 saturated heterocycles. The van der Waals surface area contributed by atoms with Crippen molar-refractivity contribution in [1.29, 1.82) is 0 Å². The highest BCUT2D eigenvalue weighted by molar-refractivity contribution is 7.99. The average Bonchev–Trinajstić information content (AvgIpc) is 2.39. The van der Waals surface area contributed by atoms with E-state index in [1.165, 1.54) is 17.8 Å². The number of likely N-dealkylation sites (N-methyl/N-ethyl adjacent to an activating group) is 1. The number of rotatable bonds is 8. The van der Waals surface area contributed by atoms with Crippen LogP contribution < -0.4 is 5.32 Å². The normalized spacial score (nSPS) is 13.7. The number of carboxylic acid groups (broad SMARTS) is 1. The molecule has 1 aromatic rings. The number of carbonyl (C=O) groups is 1. The number of carboxylic acids is 1. The van der Waals surface area contributed by atoms with Gasteiger partial charge in [-0.1, -0.05) is 19.1 Å². The molecule has 0 saturated carbocycles. The Bertz CT molecular complexity index is 495. The van der Waals surface area contributed by atoms with Gasteiger partial charge >= 0.3 is 5.97 Å². The highest BCUT2D eigenvalue weighted by atomic mass is 32.2. The molecule has 0 bridgehead atoms. The second-order valence-corrected chi connectivity index (χ2v) is 5.63. The molecule has 1 unspecified atom stereocenters. The molecule has 0 aromatic heterocycles. The average molecular weight is 298 g/mol. The molecular weight excluding hydrogens is 280 g/mol. The maximum absolute atomic E-state index is 11.2. The lowest BCUT2D eigenvalue weighted by Crippen LogP contribution is -2.49. The summed E-state index contributed by atoms with van der Waals surface area (Å²) >= 11 is 1.30. The minimum Gasteiger partial charge on any atom is -0.480 e. The minimum atomic E-state index is -1.01. The zero-order chi connectivity index (χ0) is 15.2. The molecule has 0 aliphatic heterocycles. The van der Waals surface area contributed by atoms with Crippen LogP contribution in [0.2, 0.25) is 0 Å². The van der Waals surface area contributed by atoms with Crippen LogP contribution in [-0.4, -0.2) is 33.8 Å². The first-order valence-electron chi connectivity index (χ1n) is 6.25. The summed E-state index contributed by atoms with van der Waals surface area (Å²) in [6.07, 6.45) is 0.382. The van der Waals surface area contributed by atoms with Gasteiger partial charge in [-0.05, 0) is 26.0 Å². The van der Waals surface area contributed by atoms with Gasteiger partial charge in [0.25, 0.3) is 5.69 Å². The first-order chi connectivity index (χ1) is 9.40. The number of nitrogens with zero attached hydrogens (tertiary/aromatic N) is 1. The van der Waals surface area contributed by atoms with Gasteiger partial charge in [0, 0.05) is 11.8 Å². The van der Waals surface area contributed by atoms with E-state index >= 15 is 0 Å². The van der Waals surface area contributed by atoms with E-state index in [1.807, 2.05) is 6.92 Å². The van der Waals surface area contributed by atoms with Crippen LogP contribution in [-0.2, 0) is 4.79 Å². The summed E-state index contributed by atoms with van der Waals surface area (Å²) in [5.41, 5.74) is -0.955. The van der Waals surface area contributed by atoms with Gasteiger partial charge in [-0.15, -0.1) is 11.8 Å². The smallest absolute Gasteiger partial charge is 0.323 e. The molecule has 0 aliphatic carbocycles. The monoisotopic (exact) mass is 298 g/mol. The number of nitro benzene ring substituents is 1. The van der Waals surface area contributed by atoms with Crippen molar-refractivity contribution < 1.29 is 14.8 Å². The van der Waals surface area contributed by atoms with Crippen molar-refractivity contribution in [1.82, 2.24) is 5.32 Å². The van der Waals surface area contributed by atoms with Crippen LogP contribution in [0.4, 0.5) is 5.69 Å². The van der Waals surface area contributed by atoms with E-state index in [9.17, 15) is 20.0 Å². The molecule has 2 N–H and O–H groups in total. The number of aliphatic carboxylic acids is 1. The number of hydrogen-bond acceptors (Lipinski definition) is 5. The maximum atomic E-state index is 11.2. The van der Waals surface area contributed by atoms with E-state index in [0.29, 0.717) is 23.6 Å². The third kappa shape index (κ3) is 4.21. The Labute approximate surface area is 121 Å². The second kappa shape index (κ2) is 7.25. The Kier molecular flexibility index (Phi) is 5.97. The molecule has 1 rings (SSSR count). The fraction of sp³-hybridized carbons (Fsp3) is 0.462. The highest BCUT2D eigenvalue weighted by Crippen LogP contribution is 2.30. The topological polar surface area (TPSA) is 92.5 Å². The molecule has 1 aromatic carbocycles. The minimum absolute atomic E-state index is 0.0537. The Hall–Kier alpha value is -1.60. The molecule has 0 aliphatic rings. The zero-order valence-electron chi connectivity index (χ0n) is 11.5. The lowest BCUT2D eigenvalue weighted by Gasteiger charge is -2.25. The van der Waals surface area contributed by atoms with Crippen molar-refractivity contribution in [2.75, 3.05) is 12.3 Å². The number of para-hydroxylation sites is 1. The number of hydrogen-bond donors (Lipinski definition) is 2. The molecular formula is C13H18N2O4S. The van der Waals surface area contributed by atoms with Crippen molar-refractivity contribution in [3.63, 3.8) is 0 Å². The first kappa shape index (κ1) is 16.5. The van der Waals surface area contributed by atoms with Gasteiger partial charge in [-0.3, -0.25) is 14.9 Å². The van der Waals surface area contributed by atoms with Crippen LogP contribution >= 0.6 is 11.8 Å². The molecule has 0 spiro atoms. The quantitative estimate of drug-likeness (QED) is 0.435. The summed E-state index contributed by atoms with van der Waals surface area (Å²) in [5.74, 6) is -0.428. The summed E-state index contributed by atoms with van der Waals surface area (Å²) in [6, 6.07) is 6.47. The summed E-state index contributed by atoms with van der Waals surface area (Å²) < 4.78 is 0. The number of thioether (sulfide) groups is 1. The third-order valence-electron chi connectivity index (χ3n) is 2.96. The molecule has 20 heavy (non-hydrogen) atoms. The molecule has 110 valence electrons. The first-order valence-corrected chi connectivity index (χ1v) is 7.24. The summed E-state index contributed by atoms with van der Waals surface area (Å²) in [6.45, 7) is 4.02. The fourth-order valence-electron chi connectivity index (χ4n) is 1.76. The van der Waals surface area contributed by atoms with Crippen molar-refractivity contribution >= 4 is 23.4 Å². The van der Waals surface area contributed by atoms with E-state index in [1.54, 1.807) is 25.1 Å². The van der Waals surface area contributed by atoms with Crippen molar-refractivity contribution in [3.8, 4) is 0 Å². The fourth-order valence-corrected chi connectivity index (χ4v) is 2.95. The van der Waals surface area contributed by atoms with Gasteiger partial charge in [0.2, 0.25) is 0 Å². The highest BCUT2D eigenvalue weighted by Gasteiger charge is 2.31. The lowest BCUT2D eigenvalue weighted by molar-refractivity contribution is -0.387. The molecule has 0 fully saturated rings. The molecule has 0 heterocycles. The second-order valence-electron chi connectivity index (χ2n) is 4.49. The van der Waals surface area contributed by atoms with Crippen LogP contribution in [0.15, 0.2) is 29.2 Å². The van der Waals surface area contributed by atoms with Gasteiger partial charge in [0.1, 0.15) is 5.54 Å². The van der Waals surface area contributed by atoms with Crippen LogP contribution in [0.3, 0.4) is 0 Å². The number of nitro groups is 1. The predicted molar refractivity (Wildman–Crippen MR) is 78.2 cm³/mol. The molecule has 7 heteroatoms. The molecule has 0 amide bonds. The zero-order valence-corrected chi connectivity index (χ0v) is 12.3. The van der Waals surface area contributed by atoms with E-state index in [0.717, 1.165) is 0 Å². The van der Waals surface area contributed by atoms with E-state index in [4.69, 9.17) is 0 Å². The summed E-state index contributed by atoms with van der Waals surface area (Å²) in [7, 11) is 0. The molecule has 6 nitrogen and oxygen atoms in total. The lowest BCUT2D eigenvalue weighted by atomic mass is 9.99. The Morgan fingerprint density at radius 1 is 1.50 bits per heavy atom. The van der Waals surface area contributed by atoms with Gasteiger partial charge in [-0.2, -0.15) is 0 Å². The van der Waals surface area contributed by atoms with E-state index < -0.39 is 16.4 Å². The Morgan fingerprint density at radius 3 is 2.70 bits per heavy atom. The number of nitrogens with one attached hydrogen (secondary N) is 1. The van der Waals surface area contributed by atoms with E-state index in [-0.39, 0.29) is 5.69 Å². The van der Waals surface area contributed by atoms with Crippen molar-refractivity contribution in [2.24, 2.45) is 0 Å². The SMILES string of the molecule is CCNC(C)(CCSc1ccccc1[N+](=O)[O-])C(=O)O. The Morgan fingerprint density at radius 2 is 2.15 bits per heavy atom. The number of benzene rings is 1. The third-order valence-corrected chi connectivity index (χ3v) is 4.03. The Balaban J connectivity index is 2.68. The van der Waals surface area contributed by atoms with Crippen LogP contribution in [0.1, 0.15) is 20.3 Å². The van der Waals surface area contributed by atoms with Crippen LogP contribution in [0.25, 0.3) is 0 Å². The molecule has 1 atom stereocenters. The van der Waals surface area contributed by atoms with Crippen LogP contribution in [0.5, 0.6) is 0 Å². The molecule has 0 radical (unpaired) electrons. The predicted octanol–water partition coefficient (Wildman–Crippen LogP) is 2.53. The summed E-state index contributed by atoms with van der Waals surface area (Å²) in [5, 5.41) is 23.0.